The number of hydrogen-bond donors (Lipinski definition) is 3. The maximum absolute atomic E-state index is 5.32. The molecular formula is C33H26N8. The molecule has 4 aromatic rings. The fourth-order valence-electron chi connectivity index (χ4n) is 6.59. The van der Waals surface area contributed by atoms with Crippen molar-refractivity contribution in [2.24, 2.45) is 20.0 Å². The number of benzene rings is 4. The van der Waals surface area contributed by atoms with Crippen LogP contribution in [0.3, 0.4) is 0 Å². The molecule has 3 N–H and O–H groups in total. The van der Waals surface area contributed by atoms with Crippen LogP contribution in [0.25, 0.3) is 0 Å². The largest absolute Gasteiger partial charge is 0.344 e. The molecule has 4 atom stereocenters. The highest BCUT2D eigenvalue weighted by Gasteiger charge is 2.38. The van der Waals surface area contributed by atoms with E-state index < -0.39 is 0 Å². The second kappa shape index (κ2) is 8.38. The summed E-state index contributed by atoms with van der Waals surface area (Å²) in [4.78, 5) is 23.3. The predicted octanol–water partition coefficient (Wildman–Crippen LogP) is 4.54. The summed E-state index contributed by atoms with van der Waals surface area (Å²) in [7, 11) is 2.08. The van der Waals surface area contributed by atoms with Crippen molar-refractivity contribution in [3.05, 3.63) is 142 Å². The lowest BCUT2D eigenvalue weighted by Gasteiger charge is -2.21. The Balaban J connectivity index is 1.29. The molecular weight excluding hydrogens is 508 g/mol. The molecule has 9 rings (SSSR count). The topological polar surface area (TPSA) is 88.8 Å². The Hall–Kier alpha value is -5.24. The molecule has 4 aromatic carbocycles. The molecule has 0 aliphatic carbocycles. The van der Waals surface area contributed by atoms with Gasteiger partial charge in [-0.25, -0.2) is 20.0 Å². The quantitative estimate of drug-likeness (QED) is 0.309. The van der Waals surface area contributed by atoms with E-state index in [9.17, 15) is 0 Å². The van der Waals surface area contributed by atoms with Crippen LogP contribution in [0.1, 0.15) is 69.2 Å². The number of rotatable bonds is 0. The van der Waals surface area contributed by atoms with Crippen LogP contribution < -0.4 is 16.0 Å². The molecule has 0 aromatic heterocycles. The van der Waals surface area contributed by atoms with E-state index in [1.807, 2.05) is 0 Å². The first kappa shape index (κ1) is 22.6. The van der Waals surface area contributed by atoms with Gasteiger partial charge in [0.25, 0.3) is 0 Å². The average molecular weight is 535 g/mol. The third kappa shape index (κ3) is 3.27. The highest BCUT2D eigenvalue weighted by molar-refractivity contribution is 6.09. The molecule has 4 unspecified atom stereocenters. The zero-order valence-electron chi connectivity index (χ0n) is 22.3. The van der Waals surface area contributed by atoms with Crippen molar-refractivity contribution in [2.45, 2.75) is 24.7 Å². The van der Waals surface area contributed by atoms with Gasteiger partial charge in [-0.05, 0) is 0 Å². The van der Waals surface area contributed by atoms with Gasteiger partial charge in [-0.3, -0.25) is 0 Å². The summed E-state index contributed by atoms with van der Waals surface area (Å²) in [6, 6.07) is 33.5. The standard InChI is InChI=1S/C33H26N8/c1-41-32-24-16-8-9-17-25(24)33(41)40-31-23-15-7-5-13-21(23)29(38-31)36-27-19-11-3-2-10-18(19)26(34-27)35-28-20-12-4-6-14-22(20)30(37-28)39-32/h2-17,26,29-30,33H,1H3,(H,34,36)(H,35,37)(H,38,40)/b39-32-. The van der Waals surface area contributed by atoms with Gasteiger partial charge < -0.3 is 20.9 Å². The van der Waals surface area contributed by atoms with E-state index in [1.165, 1.54) is 0 Å². The lowest BCUT2D eigenvalue weighted by Crippen LogP contribution is -2.29. The lowest BCUT2D eigenvalue weighted by molar-refractivity contribution is 0.404. The van der Waals surface area contributed by atoms with Crippen molar-refractivity contribution < 1.29 is 0 Å². The molecule has 0 radical (unpaired) electrons. The second-order valence-electron chi connectivity index (χ2n) is 10.9. The Bertz CT molecular complexity index is 1890. The zero-order valence-corrected chi connectivity index (χ0v) is 22.3. The van der Waals surface area contributed by atoms with E-state index in [0.717, 1.165) is 67.9 Å². The number of nitrogens with one attached hydrogen (secondary N) is 3. The molecule has 0 fully saturated rings. The molecule has 0 saturated carbocycles. The van der Waals surface area contributed by atoms with Gasteiger partial charge in [-0.2, -0.15) is 0 Å². The minimum Gasteiger partial charge on any atom is -0.344 e. The molecule has 0 amide bonds. The van der Waals surface area contributed by atoms with E-state index in [-0.39, 0.29) is 24.7 Å². The molecule has 5 aliphatic rings. The molecule has 198 valence electrons. The van der Waals surface area contributed by atoms with Crippen molar-refractivity contribution in [1.29, 1.82) is 0 Å². The summed E-state index contributed by atoms with van der Waals surface area (Å²) in [5.41, 5.74) is 8.74. The summed E-state index contributed by atoms with van der Waals surface area (Å²) in [5.74, 6) is 3.39. The van der Waals surface area contributed by atoms with Crippen LogP contribution in [0, 0.1) is 0 Å². The van der Waals surface area contributed by atoms with Gasteiger partial charge in [-0.1, -0.05) is 97.1 Å². The van der Waals surface area contributed by atoms with Gasteiger partial charge in [0, 0.05) is 51.6 Å². The minimum absolute atomic E-state index is 0.223. The summed E-state index contributed by atoms with van der Waals surface area (Å²) in [6.07, 6.45) is -1.04. The van der Waals surface area contributed by atoms with Gasteiger partial charge in [0.05, 0.1) is 0 Å². The summed E-state index contributed by atoms with van der Waals surface area (Å²) >= 11 is 0. The van der Waals surface area contributed by atoms with Gasteiger partial charge in [0.1, 0.15) is 41.8 Å². The number of fused-ring (bicyclic) bond motifs is 20. The van der Waals surface area contributed by atoms with E-state index in [2.05, 4.69) is 125 Å². The SMILES string of the molecule is CN1/C2=N\C3N/C(=N\C4N/C(=N\C5N/C(=N\C1c1ccccc12)c1ccccc15)c1ccccc14)c1ccccc13. The van der Waals surface area contributed by atoms with Gasteiger partial charge in [-0.15, -0.1) is 0 Å². The fraction of sp³-hybridized carbons (Fsp3) is 0.152. The van der Waals surface area contributed by atoms with Crippen LogP contribution in [-0.4, -0.2) is 35.3 Å². The normalized spacial score (nSPS) is 29.4. The van der Waals surface area contributed by atoms with E-state index in [0.29, 0.717) is 0 Å². The predicted molar refractivity (Wildman–Crippen MR) is 160 cm³/mol. The van der Waals surface area contributed by atoms with Crippen molar-refractivity contribution in [3.8, 4) is 0 Å². The molecule has 8 nitrogen and oxygen atoms in total. The smallest absolute Gasteiger partial charge is 0.151 e. The van der Waals surface area contributed by atoms with Gasteiger partial charge in [0.15, 0.2) is 6.17 Å². The molecule has 0 saturated heterocycles. The Labute approximate surface area is 237 Å². The maximum atomic E-state index is 5.32. The van der Waals surface area contributed by atoms with Crippen LogP contribution in [0.5, 0.6) is 0 Å². The van der Waals surface area contributed by atoms with Crippen molar-refractivity contribution in [3.63, 3.8) is 0 Å². The number of hydrogen-bond acceptors (Lipinski definition) is 8. The summed E-state index contributed by atoms with van der Waals surface area (Å²) < 4.78 is 0. The zero-order chi connectivity index (χ0) is 27.1. The monoisotopic (exact) mass is 534 g/mol. The molecule has 8 bridgehead atoms. The first-order valence-corrected chi connectivity index (χ1v) is 13.9. The van der Waals surface area contributed by atoms with E-state index in [4.69, 9.17) is 20.0 Å². The Morgan fingerprint density at radius 1 is 0.463 bits per heavy atom. The van der Waals surface area contributed by atoms with Crippen molar-refractivity contribution in [2.75, 3.05) is 7.05 Å². The third-order valence-electron chi connectivity index (χ3n) is 8.55. The average Bonchev–Trinajstić information content (AvgIpc) is 3.72. The first-order valence-electron chi connectivity index (χ1n) is 13.9. The number of nitrogens with zero attached hydrogens (tertiary/aromatic N) is 5. The van der Waals surface area contributed by atoms with Crippen LogP contribution in [0.15, 0.2) is 117 Å². The lowest BCUT2D eigenvalue weighted by atomic mass is 10.1. The minimum atomic E-state index is -0.274. The molecule has 8 heteroatoms. The first-order chi connectivity index (χ1) is 20.2. The van der Waals surface area contributed by atoms with Crippen LogP contribution >= 0.6 is 0 Å². The number of amidine groups is 4. The molecule has 5 heterocycles. The van der Waals surface area contributed by atoms with Crippen molar-refractivity contribution >= 4 is 23.3 Å². The Morgan fingerprint density at radius 3 is 1.37 bits per heavy atom. The summed E-state index contributed by atoms with van der Waals surface area (Å²) in [6.45, 7) is 0. The van der Waals surface area contributed by atoms with Gasteiger partial charge in [0.2, 0.25) is 0 Å². The number of aliphatic imine (C=N–C) groups is 4. The third-order valence-corrected chi connectivity index (χ3v) is 8.55. The highest BCUT2D eigenvalue weighted by Crippen LogP contribution is 2.39. The Morgan fingerprint density at radius 2 is 0.854 bits per heavy atom. The van der Waals surface area contributed by atoms with Crippen LogP contribution in [-0.2, 0) is 0 Å². The van der Waals surface area contributed by atoms with E-state index >= 15 is 0 Å². The summed E-state index contributed by atoms with van der Waals surface area (Å²) in [5, 5.41) is 10.9. The molecule has 41 heavy (non-hydrogen) atoms. The molecule has 5 aliphatic heterocycles. The van der Waals surface area contributed by atoms with Crippen LogP contribution in [0.4, 0.5) is 0 Å². The van der Waals surface area contributed by atoms with Crippen LogP contribution in [0.2, 0.25) is 0 Å². The highest BCUT2D eigenvalue weighted by atomic mass is 15.3. The fourth-order valence-corrected chi connectivity index (χ4v) is 6.59. The maximum Gasteiger partial charge on any atom is 0.151 e. The van der Waals surface area contributed by atoms with Crippen molar-refractivity contribution in [1.82, 2.24) is 20.9 Å². The Kier molecular flexibility index (Phi) is 4.61. The molecule has 0 spiro atoms. The van der Waals surface area contributed by atoms with Gasteiger partial charge >= 0.3 is 0 Å². The van der Waals surface area contributed by atoms with E-state index in [1.54, 1.807) is 0 Å². The second-order valence-corrected chi connectivity index (χ2v) is 10.9.